The quantitative estimate of drug-likeness (QED) is 0.835. The number of aromatic amines is 1. The van der Waals surface area contributed by atoms with Gasteiger partial charge in [-0.2, -0.15) is 5.10 Å². The van der Waals surface area contributed by atoms with Crippen LogP contribution in [0.5, 0.6) is 0 Å². The van der Waals surface area contributed by atoms with E-state index >= 15 is 0 Å². The molecule has 1 aliphatic rings. The van der Waals surface area contributed by atoms with E-state index in [2.05, 4.69) is 43.0 Å². The SMILES string of the molecule is CC.CC(C)c1n[nH]c2c1CCC2N(C)C. The molecular weight excluding hydrogens is 198 g/mol. The monoisotopic (exact) mass is 223 g/mol. The Hall–Kier alpha value is -0.830. The molecule has 1 aromatic heterocycles. The van der Waals surface area contributed by atoms with Gasteiger partial charge < -0.3 is 4.90 Å². The van der Waals surface area contributed by atoms with Crippen molar-refractivity contribution in [1.82, 2.24) is 15.1 Å². The predicted octanol–water partition coefficient (Wildman–Crippen LogP) is 3.11. The number of rotatable bonds is 2. The molecule has 0 aromatic carbocycles. The van der Waals surface area contributed by atoms with Crippen LogP contribution in [-0.4, -0.2) is 29.2 Å². The van der Waals surface area contributed by atoms with Crippen LogP contribution in [0, 0.1) is 0 Å². The molecule has 16 heavy (non-hydrogen) atoms. The van der Waals surface area contributed by atoms with Crippen molar-refractivity contribution in [2.24, 2.45) is 0 Å². The molecule has 0 aliphatic heterocycles. The summed E-state index contributed by atoms with van der Waals surface area (Å²) >= 11 is 0. The van der Waals surface area contributed by atoms with Crippen molar-refractivity contribution in [3.05, 3.63) is 17.0 Å². The molecule has 0 spiro atoms. The number of nitrogens with one attached hydrogen (secondary N) is 1. The highest BCUT2D eigenvalue weighted by molar-refractivity contribution is 5.34. The van der Waals surface area contributed by atoms with Crippen LogP contribution >= 0.6 is 0 Å². The highest BCUT2D eigenvalue weighted by atomic mass is 15.2. The Labute approximate surface area is 99.2 Å². The van der Waals surface area contributed by atoms with Crippen LogP contribution < -0.4 is 0 Å². The summed E-state index contributed by atoms with van der Waals surface area (Å²) in [5, 5.41) is 7.63. The molecule has 1 unspecified atom stereocenters. The third-order valence-corrected chi connectivity index (χ3v) is 3.10. The van der Waals surface area contributed by atoms with Gasteiger partial charge in [0.1, 0.15) is 0 Å². The molecule has 0 saturated heterocycles. The number of H-pyrrole nitrogens is 1. The van der Waals surface area contributed by atoms with E-state index in [0.29, 0.717) is 12.0 Å². The highest BCUT2D eigenvalue weighted by Crippen LogP contribution is 2.36. The van der Waals surface area contributed by atoms with Crippen molar-refractivity contribution < 1.29 is 0 Å². The molecule has 0 fully saturated rings. The lowest BCUT2D eigenvalue weighted by Gasteiger charge is -2.17. The Morgan fingerprint density at radius 1 is 1.31 bits per heavy atom. The van der Waals surface area contributed by atoms with E-state index in [9.17, 15) is 0 Å². The van der Waals surface area contributed by atoms with Crippen LogP contribution in [0.25, 0.3) is 0 Å². The van der Waals surface area contributed by atoms with E-state index in [1.807, 2.05) is 13.8 Å². The molecule has 3 heteroatoms. The average molecular weight is 223 g/mol. The largest absolute Gasteiger partial charge is 0.301 e. The Bertz CT molecular complexity index is 326. The van der Waals surface area contributed by atoms with Crippen LogP contribution in [0.4, 0.5) is 0 Å². The molecule has 1 aliphatic carbocycles. The van der Waals surface area contributed by atoms with Gasteiger partial charge in [-0.15, -0.1) is 0 Å². The van der Waals surface area contributed by atoms with Gasteiger partial charge in [-0.05, 0) is 38.4 Å². The maximum Gasteiger partial charge on any atom is 0.0682 e. The van der Waals surface area contributed by atoms with Crippen molar-refractivity contribution in [2.45, 2.75) is 52.5 Å². The molecule has 1 heterocycles. The fourth-order valence-corrected chi connectivity index (χ4v) is 2.35. The lowest BCUT2D eigenvalue weighted by Crippen LogP contribution is -2.17. The summed E-state index contributed by atoms with van der Waals surface area (Å²) < 4.78 is 0. The van der Waals surface area contributed by atoms with E-state index in [0.717, 1.165) is 0 Å². The summed E-state index contributed by atoms with van der Waals surface area (Å²) in [5.74, 6) is 0.538. The van der Waals surface area contributed by atoms with Crippen molar-refractivity contribution in [2.75, 3.05) is 14.1 Å². The molecule has 0 saturated carbocycles. The number of nitrogens with zero attached hydrogens (tertiary/aromatic N) is 2. The zero-order chi connectivity index (χ0) is 12.3. The zero-order valence-corrected chi connectivity index (χ0v) is 11.5. The number of fused-ring (bicyclic) bond motifs is 1. The molecule has 92 valence electrons. The maximum absolute atomic E-state index is 4.42. The minimum Gasteiger partial charge on any atom is -0.301 e. The third kappa shape index (κ3) is 2.29. The topological polar surface area (TPSA) is 31.9 Å². The molecule has 3 nitrogen and oxygen atoms in total. The standard InChI is InChI=1S/C11H19N3.C2H6/c1-7(2)10-8-5-6-9(14(3)4)11(8)13-12-10;1-2/h7,9H,5-6H2,1-4H3,(H,12,13);1-2H3. The molecule has 1 atom stereocenters. The van der Waals surface area contributed by atoms with Gasteiger partial charge in [-0.1, -0.05) is 27.7 Å². The van der Waals surface area contributed by atoms with Crippen LogP contribution in [0.15, 0.2) is 0 Å². The summed E-state index contributed by atoms with van der Waals surface area (Å²) in [5.41, 5.74) is 4.08. The van der Waals surface area contributed by atoms with Crippen LogP contribution in [0.3, 0.4) is 0 Å². The molecule has 0 radical (unpaired) electrons. The molecule has 2 rings (SSSR count). The average Bonchev–Trinajstić information content (AvgIpc) is 2.78. The minimum atomic E-state index is 0.538. The fourth-order valence-electron chi connectivity index (χ4n) is 2.35. The summed E-state index contributed by atoms with van der Waals surface area (Å²) in [7, 11) is 4.27. The first-order valence-corrected chi connectivity index (χ1v) is 6.34. The second-order valence-corrected chi connectivity index (χ2v) is 4.67. The minimum absolute atomic E-state index is 0.538. The summed E-state index contributed by atoms with van der Waals surface area (Å²) in [6.07, 6.45) is 2.42. The number of hydrogen-bond donors (Lipinski definition) is 1. The van der Waals surface area contributed by atoms with Crippen molar-refractivity contribution in [3.63, 3.8) is 0 Å². The first-order valence-electron chi connectivity index (χ1n) is 6.34. The summed E-state index contributed by atoms with van der Waals surface area (Å²) in [6.45, 7) is 8.42. The van der Waals surface area contributed by atoms with Crippen molar-refractivity contribution >= 4 is 0 Å². The molecule has 0 amide bonds. The lowest BCUT2D eigenvalue weighted by atomic mass is 10.0. The first-order chi connectivity index (χ1) is 7.61. The van der Waals surface area contributed by atoms with E-state index in [4.69, 9.17) is 0 Å². The van der Waals surface area contributed by atoms with Gasteiger partial charge in [0.15, 0.2) is 0 Å². The lowest BCUT2D eigenvalue weighted by molar-refractivity contribution is 0.293. The zero-order valence-electron chi connectivity index (χ0n) is 11.5. The van der Waals surface area contributed by atoms with Gasteiger partial charge in [0, 0.05) is 0 Å². The molecule has 1 N–H and O–H groups in total. The van der Waals surface area contributed by atoms with Crippen molar-refractivity contribution in [1.29, 1.82) is 0 Å². The van der Waals surface area contributed by atoms with Gasteiger partial charge >= 0.3 is 0 Å². The highest BCUT2D eigenvalue weighted by Gasteiger charge is 2.29. The van der Waals surface area contributed by atoms with Crippen LogP contribution in [-0.2, 0) is 6.42 Å². The van der Waals surface area contributed by atoms with Gasteiger partial charge in [-0.3, -0.25) is 5.10 Å². The van der Waals surface area contributed by atoms with Crippen LogP contribution in [0.1, 0.15) is 63.0 Å². The normalized spacial score (nSPS) is 18.6. The Kier molecular flexibility index (Phi) is 4.54. The summed E-state index contributed by atoms with van der Waals surface area (Å²) in [4.78, 5) is 2.27. The van der Waals surface area contributed by atoms with Gasteiger partial charge in [0.25, 0.3) is 0 Å². The third-order valence-electron chi connectivity index (χ3n) is 3.10. The van der Waals surface area contributed by atoms with Crippen molar-refractivity contribution in [3.8, 4) is 0 Å². The van der Waals surface area contributed by atoms with E-state index in [1.165, 1.54) is 29.8 Å². The van der Waals surface area contributed by atoms with Crippen LogP contribution in [0.2, 0.25) is 0 Å². The molecular formula is C13H25N3. The Morgan fingerprint density at radius 2 is 1.94 bits per heavy atom. The second kappa shape index (κ2) is 5.48. The fraction of sp³-hybridized carbons (Fsp3) is 0.769. The maximum atomic E-state index is 4.42. The predicted molar refractivity (Wildman–Crippen MR) is 68.8 cm³/mol. The van der Waals surface area contributed by atoms with E-state index < -0.39 is 0 Å². The van der Waals surface area contributed by atoms with Gasteiger partial charge in [0.05, 0.1) is 17.4 Å². The molecule has 1 aromatic rings. The van der Waals surface area contributed by atoms with E-state index in [1.54, 1.807) is 0 Å². The van der Waals surface area contributed by atoms with E-state index in [-0.39, 0.29) is 0 Å². The van der Waals surface area contributed by atoms with Gasteiger partial charge in [-0.25, -0.2) is 0 Å². The first kappa shape index (κ1) is 13.2. The Balaban J connectivity index is 0.000000606. The summed E-state index contributed by atoms with van der Waals surface area (Å²) in [6, 6.07) is 0.546. The second-order valence-electron chi connectivity index (χ2n) is 4.67. The number of hydrogen-bond acceptors (Lipinski definition) is 2. The number of aromatic nitrogens is 2. The Morgan fingerprint density at radius 3 is 2.44 bits per heavy atom. The molecule has 0 bridgehead atoms. The smallest absolute Gasteiger partial charge is 0.0682 e. The van der Waals surface area contributed by atoms with Gasteiger partial charge in [0.2, 0.25) is 0 Å².